The van der Waals surface area contributed by atoms with E-state index in [0.29, 0.717) is 35.4 Å². The van der Waals surface area contributed by atoms with E-state index in [1.165, 1.54) is 0 Å². The van der Waals surface area contributed by atoms with Crippen LogP contribution >= 0.6 is 7.82 Å². The predicted molar refractivity (Wildman–Crippen MR) is 169 cm³/mol. The van der Waals surface area contributed by atoms with Gasteiger partial charge in [-0.1, -0.05) is 38.0 Å². The average Bonchev–Trinajstić information content (AvgIpc) is 3.38. The summed E-state index contributed by atoms with van der Waals surface area (Å²) in [6.07, 6.45) is -0.865. The molecule has 0 radical (unpaired) electrons. The molecule has 46 heavy (non-hydrogen) atoms. The maximum absolute atomic E-state index is 13.9. The minimum absolute atomic E-state index is 0.156. The number of nitrogens with two attached hydrogens (primary N) is 1. The van der Waals surface area contributed by atoms with Crippen LogP contribution in [0.3, 0.4) is 0 Å². The first kappa shape index (κ1) is 37.0. The summed E-state index contributed by atoms with van der Waals surface area (Å²) in [7, 11) is -4.55. The largest absolute Gasteiger partial charge is 0.510 e. The molecule has 256 valence electrons. The van der Waals surface area contributed by atoms with E-state index in [2.05, 4.69) is 4.98 Å². The third kappa shape index (κ3) is 10.0. The van der Waals surface area contributed by atoms with Crippen molar-refractivity contribution in [3.05, 3.63) is 30.1 Å². The molecule has 0 fully saturated rings. The Morgan fingerprint density at radius 3 is 2.13 bits per heavy atom. The van der Waals surface area contributed by atoms with E-state index in [9.17, 15) is 14.2 Å². The molecule has 0 aliphatic rings. The van der Waals surface area contributed by atoms with Crippen molar-refractivity contribution in [2.45, 2.75) is 92.1 Å². The number of imidazole rings is 1. The van der Waals surface area contributed by atoms with Gasteiger partial charge in [-0.2, -0.15) is 0 Å². The highest BCUT2D eigenvalue weighted by Gasteiger charge is 2.38. The number of fused-ring (bicyclic) bond motifs is 3. The van der Waals surface area contributed by atoms with Crippen LogP contribution in [0, 0.1) is 0 Å². The molecule has 3 aromatic rings. The standard InChI is InChI=1S/C30H45N4O11P/c1-8-10-15-30(7,34-24(16-38-9-2)33-25-26(34)22-13-11-12-14-23(22)32-27(25)31)17-41-46(37,42-18-39-28(35)44-20(3)4)43-19-40-29(36)45-21(5)6/h11-14,20-21H,8-10,15-19H2,1-7H3,(H2,31,32). The minimum Gasteiger partial charge on any atom is -0.432 e. The lowest BCUT2D eigenvalue weighted by molar-refractivity contribution is -0.0492. The average molecular weight is 669 g/mol. The van der Waals surface area contributed by atoms with Crippen LogP contribution in [0.15, 0.2) is 24.3 Å². The van der Waals surface area contributed by atoms with Gasteiger partial charge in [0.25, 0.3) is 0 Å². The van der Waals surface area contributed by atoms with E-state index >= 15 is 0 Å². The molecule has 0 spiro atoms. The number of rotatable bonds is 18. The Morgan fingerprint density at radius 2 is 1.57 bits per heavy atom. The van der Waals surface area contributed by atoms with Gasteiger partial charge in [-0.15, -0.1) is 0 Å². The van der Waals surface area contributed by atoms with Gasteiger partial charge in [0, 0.05) is 12.0 Å². The number of para-hydroxylation sites is 1. The number of nitrogen functional groups attached to an aromatic ring is 1. The van der Waals surface area contributed by atoms with Crippen LogP contribution in [-0.2, 0) is 54.0 Å². The zero-order valence-electron chi connectivity index (χ0n) is 27.5. The Labute approximate surface area is 268 Å². The SMILES string of the molecule is CCCCC(C)(COP(=O)(OCOC(=O)OC(C)C)OCOC(=O)OC(C)C)n1c(COCC)nc2c(N)nc3ccccc3c21. The highest BCUT2D eigenvalue weighted by molar-refractivity contribution is 7.48. The summed E-state index contributed by atoms with van der Waals surface area (Å²) >= 11 is 0. The monoisotopic (exact) mass is 668 g/mol. The van der Waals surface area contributed by atoms with Crippen LogP contribution in [0.25, 0.3) is 21.9 Å². The van der Waals surface area contributed by atoms with E-state index in [4.69, 9.17) is 48.0 Å². The van der Waals surface area contributed by atoms with Crippen molar-refractivity contribution < 1.29 is 51.4 Å². The van der Waals surface area contributed by atoms with Gasteiger partial charge < -0.3 is 34.0 Å². The number of ether oxygens (including phenoxy) is 5. The Morgan fingerprint density at radius 1 is 0.957 bits per heavy atom. The van der Waals surface area contributed by atoms with Crippen LogP contribution in [0.4, 0.5) is 15.4 Å². The maximum atomic E-state index is 13.9. The van der Waals surface area contributed by atoms with Gasteiger partial charge in [-0.3, -0.25) is 4.52 Å². The quantitative estimate of drug-likeness (QED) is 0.0848. The molecular formula is C30H45N4O11P. The molecule has 15 nitrogen and oxygen atoms in total. The Hall–Kier alpha value is -3.49. The number of unbranched alkanes of at least 4 members (excludes halogenated alkanes) is 1. The number of aromatic nitrogens is 3. The maximum Gasteiger partial charge on any atom is 0.510 e. The van der Waals surface area contributed by atoms with Gasteiger partial charge in [-0.05, 0) is 54.0 Å². The molecule has 1 atom stereocenters. The highest BCUT2D eigenvalue weighted by Crippen LogP contribution is 2.51. The van der Waals surface area contributed by atoms with Gasteiger partial charge in [0.15, 0.2) is 5.82 Å². The zero-order chi connectivity index (χ0) is 33.9. The van der Waals surface area contributed by atoms with Crippen molar-refractivity contribution in [1.82, 2.24) is 14.5 Å². The summed E-state index contributed by atoms with van der Waals surface area (Å²) in [5.41, 5.74) is 7.33. The molecule has 0 aliphatic heterocycles. The van der Waals surface area contributed by atoms with E-state index in [-0.39, 0.29) is 19.0 Å². The van der Waals surface area contributed by atoms with E-state index in [1.54, 1.807) is 27.7 Å². The third-order valence-electron chi connectivity index (χ3n) is 6.61. The molecule has 3 rings (SSSR count). The van der Waals surface area contributed by atoms with Crippen LogP contribution in [-0.4, -0.2) is 65.9 Å². The topological polar surface area (TPSA) is 182 Å². The van der Waals surface area contributed by atoms with Crippen molar-refractivity contribution in [1.29, 1.82) is 0 Å². The first-order valence-corrected chi connectivity index (χ1v) is 16.6. The molecule has 0 aliphatic carbocycles. The van der Waals surface area contributed by atoms with Gasteiger partial charge in [0.1, 0.15) is 17.9 Å². The molecule has 1 aromatic carbocycles. The van der Waals surface area contributed by atoms with Crippen molar-refractivity contribution in [2.75, 3.05) is 32.5 Å². The molecule has 16 heteroatoms. The number of hydrogen-bond acceptors (Lipinski definition) is 14. The summed E-state index contributed by atoms with van der Waals surface area (Å²) in [6.45, 7) is 11.1. The number of hydrogen-bond donors (Lipinski definition) is 1. The lowest BCUT2D eigenvalue weighted by Gasteiger charge is -2.34. The van der Waals surface area contributed by atoms with Gasteiger partial charge >= 0.3 is 20.1 Å². The molecule has 0 bridgehead atoms. The molecule has 0 saturated heterocycles. The molecule has 2 heterocycles. The Bertz CT molecular complexity index is 1480. The number of carbonyl (C=O) groups is 2. The molecule has 1 unspecified atom stereocenters. The lowest BCUT2D eigenvalue weighted by atomic mass is 9.94. The normalized spacial score (nSPS) is 13.3. The summed E-state index contributed by atoms with van der Waals surface area (Å²) < 4.78 is 57.8. The van der Waals surface area contributed by atoms with Crippen molar-refractivity contribution >= 4 is 47.9 Å². The second-order valence-electron chi connectivity index (χ2n) is 11.1. The zero-order valence-corrected chi connectivity index (χ0v) is 28.4. The number of carbonyl (C=O) groups excluding carboxylic acids is 2. The summed E-state index contributed by atoms with van der Waals surface area (Å²) in [5.74, 6) is 0.803. The third-order valence-corrected chi connectivity index (χ3v) is 7.89. The second-order valence-corrected chi connectivity index (χ2v) is 12.8. The molecule has 2 N–H and O–H groups in total. The fourth-order valence-electron chi connectivity index (χ4n) is 4.59. The van der Waals surface area contributed by atoms with Gasteiger partial charge in [0.05, 0.1) is 35.4 Å². The number of phosphoric ester groups is 1. The van der Waals surface area contributed by atoms with Crippen LogP contribution in [0.5, 0.6) is 0 Å². The van der Waals surface area contributed by atoms with Crippen molar-refractivity contribution in [3.8, 4) is 0 Å². The summed E-state index contributed by atoms with van der Waals surface area (Å²) in [6, 6.07) is 7.54. The number of benzene rings is 1. The molecule has 0 amide bonds. The molecular weight excluding hydrogens is 623 g/mol. The summed E-state index contributed by atoms with van der Waals surface area (Å²) in [5, 5.41) is 0.800. The van der Waals surface area contributed by atoms with Crippen LogP contribution in [0.2, 0.25) is 0 Å². The second kappa shape index (κ2) is 16.9. The van der Waals surface area contributed by atoms with Gasteiger partial charge in [-0.25, -0.2) is 33.2 Å². The lowest BCUT2D eigenvalue weighted by Crippen LogP contribution is -2.37. The fourth-order valence-corrected chi connectivity index (χ4v) is 5.61. The fraction of sp³-hybridized carbons (Fsp3) is 0.600. The number of nitrogens with zero attached hydrogens (tertiary/aromatic N) is 3. The summed E-state index contributed by atoms with van der Waals surface area (Å²) in [4.78, 5) is 33.2. The highest BCUT2D eigenvalue weighted by atomic mass is 31.2. The number of phosphoric acid groups is 1. The smallest absolute Gasteiger partial charge is 0.432 e. The van der Waals surface area contributed by atoms with E-state index in [1.807, 2.05) is 49.6 Å². The Kier molecular flexibility index (Phi) is 13.6. The van der Waals surface area contributed by atoms with E-state index in [0.717, 1.165) is 18.2 Å². The van der Waals surface area contributed by atoms with Crippen molar-refractivity contribution in [2.24, 2.45) is 0 Å². The predicted octanol–water partition coefficient (Wildman–Crippen LogP) is 6.80. The first-order chi connectivity index (χ1) is 21.8. The molecule has 0 saturated carbocycles. The van der Waals surface area contributed by atoms with Gasteiger partial charge in [0.2, 0.25) is 13.6 Å². The number of anilines is 1. The Balaban J connectivity index is 2.01. The van der Waals surface area contributed by atoms with E-state index < -0.39 is 51.5 Å². The first-order valence-electron chi connectivity index (χ1n) is 15.2. The number of pyridine rings is 1. The minimum atomic E-state index is -4.55. The van der Waals surface area contributed by atoms with Crippen LogP contribution < -0.4 is 5.73 Å². The van der Waals surface area contributed by atoms with Crippen molar-refractivity contribution in [3.63, 3.8) is 0 Å². The van der Waals surface area contributed by atoms with Crippen LogP contribution in [0.1, 0.15) is 73.6 Å². The molecule has 2 aromatic heterocycles.